The lowest BCUT2D eigenvalue weighted by Gasteiger charge is -2.21. The number of guanidine groups is 1. The SMILES string of the molecule is CN=C(NCCc1ccccc1F)NCC(C)CN1CCCC1.I. The first kappa shape index (κ1) is 21.2. The highest BCUT2D eigenvalue weighted by Crippen LogP contribution is 2.09. The van der Waals surface area contributed by atoms with Crippen molar-refractivity contribution in [3.05, 3.63) is 35.6 Å². The van der Waals surface area contributed by atoms with Gasteiger partial charge in [-0.1, -0.05) is 25.1 Å². The fourth-order valence-electron chi connectivity index (χ4n) is 2.98. The van der Waals surface area contributed by atoms with E-state index in [-0.39, 0.29) is 29.8 Å². The van der Waals surface area contributed by atoms with Crippen molar-refractivity contribution in [1.29, 1.82) is 0 Å². The molecule has 0 spiro atoms. The molecule has 4 nitrogen and oxygen atoms in total. The van der Waals surface area contributed by atoms with Crippen LogP contribution >= 0.6 is 24.0 Å². The molecule has 1 fully saturated rings. The summed E-state index contributed by atoms with van der Waals surface area (Å²) in [7, 11) is 1.77. The van der Waals surface area contributed by atoms with Crippen molar-refractivity contribution in [3.63, 3.8) is 0 Å². The number of aliphatic imine (C=N–C) groups is 1. The van der Waals surface area contributed by atoms with Crippen LogP contribution in [0.1, 0.15) is 25.3 Å². The van der Waals surface area contributed by atoms with Crippen molar-refractivity contribution < 1.29 is 4.39 Å². The molecule has 24 heavy (non-hydrogen) atoms. The summed E-state index contributed by atoms with van der Waals surface area (Å²) in [5.74, 6) is 1.23. The molecule has 0 amide bonds. The summed E-state index contributed by atoms with van der Waals surface area (Å²) in [6.45, 7) is 7.44. The van der Waals surface area contributed by atoms with Gasteiger partial charge in [-0.2, -0.15) is 0 Å². The molecule has 1 aliphatic heterocycles. The van der Waals surface area contributed by atoms with Gasteiger partial charge in [0, 0.05) is 26.7 Å². The van der Waals surface area contributed by atoms with E-state index in [2.05, 4.69) is 27.4 Å². The van der Waals surface area contributed by atoms with Crippen LogP contribution in [-0.2, 0) is 6.42 Å². The van der Waals surface area contributed by atoms with E-state index >= 15 is 0 Å². The van der Waals surface area contributed by atoms with E-state index in [1.54, 1.807) is 13.1 Å². The highest BCUT2D eigenvalue weighted by Gasteiger charge is 2.14. The second kappa shape index (κ2) is 11.6. The topological polar surface area (TPSA) is 39.7 Å². The molecule has 1 atom stereocenters. The maximum Gasteiger partial charge on any atom is 0.190 e. The molecule has 136 valence electrons. The van der Waals surface area contributed by atoms with Crippen LogP contribution in [0.3, 0.4) is 0 Å². The summed E-state index contributed by atoms with van der Waals surface area (Å²) in [5.41, 5.74) is 0.734. The highest BCUT2D eigenvalue weighted by atomic mass is 127. The number of halogens is 2. The van der Waals surface area contributed by atoms with Crippen LogP contribution < -0.4 is 10.6 Å². The summed E-state index contributed by atoms with van der Waals surface area (Å²) in [6.07, 6.45) is 3.32. The van der Waals surface area contributed by atoms with E-state index in [1.165, 1.54) is 32.0 Å². The number of nitrogens with one attached hydrogen (secondary N) is 2. The quantitative estimate of drug-likeness (QED) is 0.383. The molecule has 1 aliphatic rings. The molecule has 1 unspecified atom stereocenters. The molecule has 0 aromatic heterocycles. The molecule has 1 aromatic carbocycles. The number of rotatable bonds is 7. The maximum atomic E-state index is 13.6. The zero-order valence-corrected chi connectivity index (χ0v) is 17.1. The Kier molecular flexibility index (Phi) is 10.2. The summed E-state index contributed by atoms with van der Waals surface area (Å²) >= 11 is 0. The fourth-order valence-corrected chi connectivity index (χ4v) is 2.98. The van der Waals surface area contributed by atoms with Crippen LogP contribution in [-0.4, -0.2) is 50.6 Å². The van der Waals surface area contributed by atoms with Crippen molar-refractivity contribution in [2.24, 2.45) is 10.9 Å². The van der Waals surface area contributed by atoms with Crippen molar-refractivity contribution in [1.82, 2.24) is 15.5 Å². The van der Waals surface area contributed by atoms with E-state index < -0.39 is 0 Å². The smallest absolute Gasteiger partial charge is 0.190 e. The predicted molar refractivity (Wildman–Crippen MR) is 110 cm³/mol. The van der Waals surface area contributed by atoms with Crippen LogP contribution in [0.4, 0.5) is 4.39 Å². The molecule has 1 aromatic rings. The Hall–Kier alpha value is -0.890. The molecule has 0 aliphatic carbocycles. The molecular weight excluding hydrogens is 418 g/mol. The minimum Gasteiger partial charge on any atom is -0.356 e. The minimum absolute atomic E-state index is 0. The van der Waals surface area contributed by atoms with E-state index in [0.717, 1.165) is 24.6 Å². The normalized spacial score (nSPS) is 16.5. The molecule has 2 N–H and O–H groups in total. The van der Waals surface area contributed by atoms with Gasteiger partial charge in [0.25, 0.3) is 0 Å². The Labute approximate surface area is 162 Å². The lowest BCUT2D eigenvalue weighted by molar-refractivity contribution is 0.287. The molecule has 2 rings (SSSR count). The zero-order valence-electron chi connectivity index (χ0n) is 14.7. The van der Waals surface area contributed by atoms with Gasteiger partial charge in [0.05, 0.1) is 0 Å². The summed E-state index contributed by atoms with van der Waals surface area (Å²) in [5, 5.41) is 6.62. The monoisotopic (exact) mass is 448 g/mol. The second-order valence-electron chi connectivity index (χ2n) is 6.33. The minimum atomic E-state index is -0.142. The number of hydrogen-bond acceptors (Lipinski definition) is 2. The van der Waals surface area contributed by atoms with Gasteiger partial charge in [0.1, 0.15) is 5.82 Å². The third kappa shape index (κ3) is 7.34. The molecular formula is C18H30FIN4. The first-order chi connectivity index (χ1) is 11.2. The third-order valence-corrected chi connectivity index (χ3v) is 4.25. The van der Waals surface area contributed by atoms with Crippen molar-refractivity contribution in [3.8, 4) is 0 Å². The van der Waals surface area contributed by atoms with Gasteiger partial charge in [-0.15, -0.1) is 24.0 Å². The standard InChI is InChI=1S/C18H29FN4.HI/c1-15(14-23-11-5-6-12-23)13-22-18(20-2)21-10-9-16-7-3-4-8-17(16)19;/h3-4,7-8,15H,5-6,9-14H2,1-2H3,(H2,20,21,22);1H. The predicted octanol–water partition coefficient (Wildman–Crippen LogP) is 2.88. The van der Waals surface area contributed by atoms with E-state index in [1.807, 2.05) is 12.1 Å². The Morgan fingerprint density at radius 2 is 1.96 bits per heavy atom. The van der Waals surface area contributed by atoms with E-state index in [0.29, 0.717) is 18.9 Å². The number of benzene rings is 1. The molecule has 1 saturated heterocycles. The number of likely N-dealkylation sites (tertiary alicyclic amines) is 1. The van der Waals surface area contributed by atoms with E-state index in [9.17, 15) is 4.39 Å². The van der Waals surface area contributed by atoms with E-state index in [4.69, 9.17) is 0 Å². The van der Waals surface area contributed by atoms with Crippen molar-refractivity contribution >= 4 is 29.9 Å². The van der Waals surface area contributed by atoms with Crippen molar-refractivity contribution in [2.75, 3.05) is 39.8 Å². The Balaban J connectivity index is 0.00000288. The van der Waals surface area contributed by atoms with Gasteiger partial charge in [0.2, 0.25) is 0 Å². The maximum absolute atomic E-state index is 13.6. The Bertz CT molecular complexity index is 504. The van der Waals surface area contributed by atoms with Gasteiger partial charge in [-0.25, -0.2) is 4.39 Å². The van der Waals surface area contributed by atoms with Gasteiger partial charge >= 0.3 is 0 Å². The van der Waals surface area contributed by atoms with Gasteiger partial charge < -0.3 is 15.5 Å². The summed E-state index contributed by atoms with van der Waals surface area (Å²) in [4.78, 5) is 6.76. The number of hydrogen-bond donors (Lipinski definition) is 2. The van der Waals surface area contributed by atoms with Crippen molar-refractivity contribution in [2.45, 2.75) is 26.2 Å². The summed E-state index contributed by atoms with van der Waals surface area (Å²) in [6, 6.07) is 6.91. The van der Waals surface area contributed by atoms with Gasteiger partial charge in [-0.3, -0.25) is 4.99 Å². The average Bonchev–Trinajstić information content (AvgIpc) is 3.05. The first-order valence-electron chi connectivity index (χ1n) is 8.59. The zero-order chi connectivity index (χ0) is 16.5. The second-order valence-corrected chi connectivity index (χ2v) is 6.33. The molecule has 0 radical (unpaired) electrons. The molecule has 0 bridgehead atoms. The third-order valence-electron chi connectivity index (χ3n) is 4.25. The fraction of sp³-hybridized carbons (Fsp3) is 0.611. The highest BCUT2D eigenvalue weighted by molar-refractivity contribution is 14.0. The average molecular weight is 448 g/mol. The number of nitrogens with zero attached hydrogens (tertiary/aromatic N) is 2. The molecule has 0 saturated carbocycles. The van der Waals surface area contributed by atoms with Crippen LogP contribution in [0.5, 0.6) is 0 Å². The Morgan fingerprint density at radius 1 is 1.25 bits per heavy atom. The Morgan fingerprint density at radius 3 is 2.62 bits per heavy atom. The largest absolute Gasteiger partial charge is 0.356 e. The molecule has 6 heteroatoms. The van der Waals surface area contributed by atoms with Crippen LogP contribution in [0.2, 0.25) is 0 Å². The van der Waals surface area contributed by atoms with Crippen LogP contribution in [0.25, 0.3) is 0 Å². The first-order valence-corrected chi connectivity index (χ1v) is 8.59. The lowest BCUT2D eigenvalue weighted by atomic mass is 10.1. The van der Waals surface area contributed by atoms with Gasteiger partial charge in [-0.05, 0) is 49.9 Å². The lowest BCUT2D eigenvalue weighted by Crippen LogP contribution is -2.42. The summed E-state index contributed by atoms with van der Waals surface area (Å²) < 4.78 is 13.6. The van der Waals surface area contributed by atoms with Crippen LogP contribution in [0.15, 0.2) is 29.3 Å². The molecule has 1 heterocycles. The van der Waals surface area contributed by atoms with Gasteiger partial charge in [0.15, 0.2) is 5.96 Å². The van der Waals surface area contributed by atoms with Crippen LogP contribution in [0, 0.1) is 11.7 Å².